The summed E-state index contributed by atoms with van der Waals surface area (Å²) in [7, 11) is 2.13. The molecule has 2 aromatic heterocycles. The largest absolute Gasteiger partial charge is 0.455 e. The van der Waals surface area contributed by atoms with Crippen molar-refractivity contribution in [2.24, 2.45) is 7.05 Å². The Kier molecular flexibility index (Phi) is 4.13. The molecule has 0 amide bonds. The second kappa shape index (κ2) is 6.93. The van der Waals surface area contributed by atoms with Gasteiger partial charge in [-0.3, -0.25) is 0 Å². The van der Waals surface area contributed by atoms with Crippen molar-refractivity contribution in [3.05, 3.63) is 90.1 Å². The number of rotatable bonds is 2. The van der Waals surface area contributed by atoms with E-state index in [0.29, 0.717) is 5.92 Å². The SMILES string of the molecule is Cc1ccc2c(oc3ccc4ccccc4c32)c1-c1c2ccc(C(C)C)cc2cc[n+]1C. The van der Waals surface area contributed by atoms with E-state index in [0.717, 1.165) is 11.2 Å². The molecule has 0 spiro atoms. The highest BCUT2D eigenvalue weighted by atomic mass is 16.3. The topological polar surface area (TPSA) is 17.0 Å². The maximum absolute atomic E-state index is 6.58. The maximum atomic E-state index is 6.58. The highest BCUT2D eigenvalue weighted by Gasteiger charge is 2.24. The van der Waals surface area contributed by atoms with Crippen molar-refractivity contribution in [2.75, 3.05) is 0 Å². The van der Waals surface area contributed by atoms with Gasteiger partial charge >= 0.3 is 0 Å². The number of hydrogen-bond donors (Lipinski definition) is 0. The zero-order valence-corrected chi connectivity index (χ0v) is 18.9. The van der Waals surface area contributed by atoms with Gasteiger partial charge in [0.1, 0.15) is 18.2 Å². The quantitative estimate of drug-likeness (QED) is 0.263. The van der Waals surface area contributed by atoms with Gasteiger partial charge in [0.25, 0.3) is 0 Å². The average Bonchev–Trinajstić information content (AvgIpc) is 3.18. The second-order valence-corrected chi connectivity index (χ2v) is 9.17. The first kappa shape index (κ1) is 19.1. The summed E-state index contributed by atoms with van der Waals surface area (Å²) in [5, 5.41) is 7.37. The highest BCUT2D eigenvalue weighted by molar-refractivity contribution is 6.21. The van der Waals surface area contributed by atoms with Crippen molar-refractivity contribution in [3.8, 4) is 11.3 Å². The Balaban J connectivity index is 1.75. The Morgan fingerprint density at radius 1 is 0.781 bits per heavy atom. The van der Waals surface area contributed by atoms with Crippen LogP contribution in [0.5, 0.6) is 0 Å². The third-order valence-electron chi connectivity index (χ3n) is 6.80. The molecule has 0 atom stereocenters. The van der Waals surface area contributed by atoms with E-state index in [1.165, 1.54) is 54.7 Å². The Morgan fingerprint density at radius 3 is 2.44 bits per heavy atom. The number of fused-ring (bicyclic) bond motifs is 6. The molecule has 0 bridgehead atoms. The summed E-state index contributed by atoms with van der Waals surface area (Å²) in [6.45, 7) is 6.67. The van der Waals surface area contributed by atoms with Crippen LogP contribution in [0.25, 0.3) is 54.7 Å². The lowest BCUT2D eigenvalue weighted by Gasteiger charge is -2.11. The van der Waals surface area contributed by atoms with E-state index < -0.39 is 0 Å². The molecule has 0 unspecified atom stereocenters. The molecule has 0 radical (unpaired) electrons. The van der Waals surface area contributed by atoms with Gasteiger partial charge in [0.2, 0.25) is 5.69 Å². The van der Waals surface area contributed by atoms with Gasteiger partial charge in [-0.1, -0.05) is 68.4 Å². The summed E-state index contributed by atoms with van der Waals surface area (Å²) >= 11 is 0. The summed E-state index contributed by atoms with van der Waals surface area (Å²) in [6.07, 6.45) is 2.16. The van der Waals surface area contributed by atoms with E-state index in [2.05, 4.69) is 111 Å². The van der Waals surface area contributed by atoms with E-state index in [1.54, 1.807) is 0 Å². The van der Waals surface area contributed by atoms with Crippen LogP contribution in [0.4, 0.5) is 0 Å². The maximum Gasteiger partial charge on any atom is 0.224 e. The molecule has 0 aliphatic carbocycles. The normalized spacial score (nSPS) is 12.0. The van der Waals surface area contributed by atoms with Crippen molar-refractivity contribution < 1.29 is 8.98 Å². The molecule has 2 nitrogen and oxygen atoms in total. The molecular formula is C30H26NO+. The first-order chi connectivity index (χ1) is 15.5. The summed E-state index contributed by atoms with van der Waals surface area (Å²) in [4.78, 5) is 0. The minimum Gasteiger partial charge on any atom is -0.455 e. The fourth-order valence-electron chi connectivity index (χ4n) is 5.06. The summed E-state index contributed by atoms with van der Waals surface area (Å²) in [6, 6.07) is 26.3. The fraction of sp³-hybridized carbons (Fsp3) is 0.167. The van der Waals surface area contributed by atoms with Crippen LogP contribution in [0.2, 0.25) is 0 Å². The molecule has 0 aliphatic heterocycles. The van der Waals surface area contributed by atoms with Crippen LogP contribution >= 0.6 is 0 Å². The predicted molar refractivity (Wildman–Crippen MR) is 134 cm³/mol. The third kappa shape index (κ3) is 2.69. The number of furan rings is 1. The van der Waals surface area contributed by atoms with E-state index in [-0.39, 0.29) is 0 Å². The van der Waals surface area contributed by atoms with Crippen LogP contribution in [0.1, 0.15) is 30.9 Å². The van der Waals surface area contributed by atoms with E-state index >= 15 is 0 Å². The molecule has 156 valence electrons. The molecule has 4 aromatic carbocycles. The molecule has 2 heteroatoms. The van der Waals surface area contributed by atoms with Gasteiger partial charge in [-0.05, 0) is 52.3 Å². The summed E-state index contributed by atoms with van der Waals surface area (Å²) in [5.74, 6) is 0.505. The van der Waals surface area contributed by atoms with Gasteiger partial charge in [-0.15, -0.1) is 0 Å². The Morgan fingerprint density at radius 2 is 1.59 bits per heavy atom. The van der Waals surface area contributed by atoms with Crippen LogP contribution in [-0.4, -0.2) is 0 Å². The average molecular weight is 417 g/mol. The number of benzene rings is 4. The molecule has 0 N–H and O–H groups in total. The monoisotopic (exact) mass is 416 g/mol. The van der Waals surface area contributed by atoms with Crippen molar-refractivity contribution in [1.82, 2.24) is 0 Å². The van der Waals surface area contributed by atoms with Crippen molar-refractivity contribution in [3.63, 3.8) is 0 Å². The first-order valence-electron chi connectivity index (χ1n) is 11.3. The van der Waals surface area contributed by atoms with Gasteiger partial charge in [0.05, 0.1) is 10.9 Å². The van der Waals surface area contributed by atoms with Gasteiger partial charge in [0.15, 0.2) is 6.20 Å². The van der Waals surface area contributed by atoms with Crippen LogP contribution in [0.15, 0.2) is 83.4 Å². The molecule has 0 saturated carbocycles. The number of pyridine rings is 1. The molecule has 0 fully saturated rings. The van der Waals surface area contributed by atoms with E-state index in [4.69, 9.17) is 4.42 Å². The minimum absolute atomic E-state index is 0.505. The van der Waals surface area contributed by atoms with Gasteiger partial charge in [-0.25, -0.2) is 4.57 Å². The molecule has 6 aromatic rings. The smallest absolute Gasteiger partial charge is 0.224 e. The van der Waals surface area contributed by atoms with E-state index in [1.807, 2.05) is 0 Å². The fourth-order valence-corrected chi connectivity index (χ4v) is 5.06. The molecule has 2 heterocycles. The predicted octanol–water partition coefficient (Wildman–Crippen LogP) is 7.82. The zero-order chi connectivity index (χ0) is 22.0. The number of nitrogens with zero attached hydrogens (tertiary/aromatic N) is 1. The summed E-state index contributed by atoms with van der Waals surface area (Å²) < 4.78 is 8.81. The summed E-state index contributed by atoms with van der Waals surface area (Å²) in [5.41, 5.74) is 6.86. The van der Waals surface area contributed by atoms with E-state index in [9.17, 15) is 0 Å². The number of aryl methyl sites for hydroxylation is 2. The lowest BCUT2D eigenvalue weighted by atomic mass is 9.94. The van der Waals surface area contributed by atoms with Gasteiger partial charge in [0, 0.05) is 16.8 Å². The molecule has 0 saturated heterocycles. The Labute approximate surface area is 187 Å². The lowest BCUT2D eigenvalue weighted by Crippen LogP contribution is -2.30. The third-order valence-corrected chi connectivity index (χ3v) is 6.80. The number of hydrogen-bond acceptors (Lipinski definition) is 1. The van der Waals surface area contributed by atoms with Gasteiger partial charge < -0.3 is 4.42 Å². The van der Waals surface area contributed by atoms with Crippen molar-refractivity contribution in [2.45, 2.75) is 26.7 Å². The van der Waals surface area contributed by atoms with Crippen LogP contribution in [0, 0.1) is 6.92 Å². The van der Waals surface area contributed by atoms with Crippen LogP contribution in [-0.2, 0) is 7.05 Å². The van der Waals surface area contributed by atoms with Gasteiger partial charge in [-0.2, -0.15) is 0 Å². The Hall–Kier alpha value is -3.65. The molecule has 6 rings (SSSR count). The zero-order valence-electron chi connectivity index (χ0n) is 18.9. The highest BCUT2D eigenvalue weighted by Crippen LogP contribution is 2.41. The first-order valence-corrected chi connectivity index (χ1v) is 11.3. The lowest BCUT2D eigenvalue weighted by molar-refractivity contribution is -0.659. The van der Waals surface area contributed by atoms with Crippen molar-refractivity contribution in [1.29, 1.82) is 0 Å². The van der Waals surface area contributed by atoms with Crippen LogP contribution in [0.3, 0.4) is 0 Å². The standard InChI is InChI=1S/C30H26NO/c1-18(2)21-10-13-24-22(17-21)15-16-31(4)29(24)27-19(3)9-12-25-28-23-8-6-5-7-20(23)11-14-26(28)32-30(25)27/h5-18H,1-4H3/q+1. The second-order valence-electron chi connectivity index (χ2n) is 9.17. The minimum atomic E-state index is 0.505. The molecule has 0 aliphatic rings. The Bertz CT molecular complexity index is 1670. The molecular weight excluding hydrogens is 390 g/mol. The van der Waals surface area contributed by atoms with Crippen LogP contribution < -0.4 is 4.57 Å². The molecule has 32 heavy (non-hydrogen) atoms. The van der Waals surface area contributed by atoms with Crippen molar-refractivity contribution >= 4 is 43.5 Å². The number of aromatic nitrogens is 1.